The summed E-state index contributed by atoms with van der Waals surface area (Å²) in [5.74, 6) is 0.596. The molecule has 0 aliphatic carbocycles. The molecule has 0 fully saturated rings. The molecule has 2 aromatic carbocycles. The summed E-state index contributed by atoms with van der Waals surface area (Å²) in [4.78, 5) is 9.15. The second kappa shape index (κ2) is 7.17. The third kappa shape index (κ3) is 3.19. The number of hydrogen-bond donors (Lipinski definition) is 0. The fraction of sp³-hybridized carbons (Fsp3) is 0.154. The van der Waals surface area contributed by atoms with Crippen molar-refractivity contribution >= 4 is 21.9 Å². The van der Waals surface area contributed by atoms with Crippen LogP contribution in [0, 0.1) is 5.92 Å². The van der Waals surface area contributed by atoms with Crippen LogP contribution in [-0.2, 0) is 6.42 Å². The van der Waals surface area contributed by atoms with Crippen LogP contribution in [0.1, 0.15) is 19.4 Å². The Balaban J connectivity index is 1.74. The molecule has 5 aromatic rings. The van der Waals surface area contributed by atoms with Crippen LogP contribution < -0.4 is 0 Å². The zero-order valence-corrected chi connectivity index (χ0v) is 16.6. The summed E-state index contributed by atoms with van der Waals surface area (Å²) in [5.41, 5.74) is 7.15. The van der Waals surface area contributed by atoms with Gasteiger partial charge in [-0.05, 0) is 47.2 Å². The smallest absolute Gasteiger partial charge is 0.147 e. The Morgan fingerprint density at radius 1 is 0.897 bits per heavy atom. The molecule has 5 rings (SSSR count). The largest absolute Gasteiger partial charge is 0.455 e. The van der Waals surface area contributed by atoms with E-state index in [-0.39, 0.29) is 0 Å². The molecule has 29 heavy (non-hydrogen) atoms. The molecule has 0 atom stereocenters. The minimum absolute atomic E-state index is 0.596. The van der Waals surface area contributed by atoms with Gasteiger partial charge in [0, 0.05) is 29.4 Å². The van der Waals surface area contributed by atoms with Crippen molar-refractivity contribution in [2.24, 2.45) is 5.92 Å². The van der Waals surface area contributed by atoms with Crippen LogP contribution in [0.25, 0.3) is 44.3 Å². The van der Waals surface area contributed by atoms with E-state index >= 15 is 0 Å². The van der Waals surface area contributed by atoms with Crippen molar-refractivity contribution in [3.63, 3.8) is 0 Å². The molecule has 0 amide bonds. The maximum atomic E-state index is 6.34. The first-order chi connectivity index (χ1) is 14.2. The fourth-order valence-corrected chi connectivity index (χ4v) is 4.00. The Hall–Kier alpha value is -3.46. The Morgan fingerprint density at radius 2 is 1.76 bits per heavy atom. The molecular formula is C26H22N2O. The van der Waals surface area contributed by atoms with E-state index in [9.17, 15) is 0 Å². The van der Waals surface area contributed by atoms with E-state index in [4.69, 9.17) is 4.42 Å². The molecule has 0 saturated carbocycles. The summed E-state index contributed by atoms with van der Waals surface area (Å²) in [6, 6.07) is 20.9. The molecule has 3 heteroatoms. The maximum Gasteiger partial charge on any atom is 0.147 e. The number of fused-ring (bicyclic) bond motifs is 3. The molecule has 3 heterocycles. The summed E-state index contributed by atoms with van der Waals surface area (Å²) in [5, 5.41) is 2.12. The van der Waals surface area contributed by atoms with Crippen molar-refractivity contribution in [2.75, 3.05) is 0 Å². The van der Waals surface area contributed by atoms with Gasteiger partial charge in [-0.1, -0.05) is 56.3 Å². The standard InChI is InChI=1S/C26H22N2O/c1-17(2)13-18-11-12-28-23(14-18)21-15-27-16-22-25-20(19-7-4-3-5-8-19)9-6-10-24(25)29-26(21)22/h3-12,14-17H,13H2,1-2H3. The lowest BCUT2D eigenvalue weighted by atomic mass is 9.99. The lowest BCUT2D eigenvalue weighted by Gasteiger charge is -2.07. The highest BCUT2D eigenvalue weighted by atomic mass is 16.3. The van der Waals surface area contributed by atoms with Gasteiger partial charge >= 0.3 is 0 Å². The van der Waals surface area contributed by atoms with Gasteiger partial charge in [0.05, 0.1) is 11.3 Å². The maximum absolute atomic E-state index is 6.34. The highest BCUT2D eigenvalue weighted by Crippen LogP contribution is 2.39. The first-order valence-electron chi connectivity index (χ1n) is 10.0. The number of hydrogen-bond acceptors (Lipinski definition) is 3. The van der Waals surface area contributed by atoms with Crippen LogP contribution in [0.2, 0.25) is 0 Å². The number of aromatic nitrogens is 2. The quantitative estimate of drug-likeness (QED) is 0.341. The minimum atomic E-state index is 0.596. The molecule has 3 aromatic heterocycles. The van der Waals surface area contributed by atoms with E-state index in [1.807, 2.05) is 36.8 Å². The van der Waals surface area contributed by atoms with Gasteiger partial charge in [-0.15, -0.1) is 0 Å². The van der Waals surface area contributed by atoms with Crippen LogP contribution in [0.5, 0.6) is 0 Å². The molecule has 0 aliphatic heterocycles. The van der Waals surface area contributed by atoms with Crippen molar-refractivity contribution in [2.45, 2.75) is 20.3 Å². The zero-order valence-electron chi connectivity index (χ0n) is 16.6. The molecule has 0 bridgehead atoms. The van der Waals surface area contributed by atoms with E-state index in [1.165, 1.54) is 11.1 Å². The monoisotopic (exact) mass is 378 g/mol. The molecular weight excluding hydrogens is 356 g/mol. The molecule has 0 radical (unpaired) electrons. The van der Waals surface area contributed by atoms with Gasteiger partial charge in [-0.25, -0.2) is 0 Å². The van der Waals surface area contributed by atoms with E-state index in [0.717, 1.165) is 45.2 Å². The first-order valence-corrected chi connectivity index (χ1v) is 10.0. The van der Waals surface area contributed by atoms with Crippen LogP contribution in [-0.4, -0.2) is 9.97 Å². The lowest BCUT2D eigenvalue weighted by Crippen LogP contribution is -1.95. The van der Waals surface area contributed by atoms with Gasteiger partial charge in [0.25, 0.3) is 0 Å². The predicted molar refractivity (Wildman–Crippen MR) is 119 cm³/mol. The lowest BCUT2D eigenvalue weighted by molar-refractivity contribution is 0.647. The zero-order chi connectivity index (χ0) is 19.8. The van der Waals surface area contributed by atoms with Gasteiger partial charge in [-0.3, -0.25) is 9.97 Å². The number of furan rings is 1. The van der Waals surface area contributed by atoms with Gasteiger partial charge in [0.15, 0.2) is 0 Å². The Bertz CT molecular complexity index is 1300. The van der Waals surface area contributed by atoms with Crippen LogP contribution >= 0.6 is 0 Å². The average molecular weight is 378 g/mol. The summed E-state index contributed by atoms with van der Waals surface area (Å²) >= 11 is 0. The van der Waals surface area contributed by atoms with Crippen molar-refractivity contribution in [3.8, 4) is 22.4 Å². The van der Waals surface area contributed by atoms with Crippen molar-refractivity contribution in [1.82, 2.24) is 9.97 Å². The van der Waals surface area contributed by atoms with E-state index in [0.29, 0.717) is 5.92 Å². The van der Waals surface area contributed by atoms with Gasteiger partial charge in [0.2, 0.25) is 0 Å². The normalized spacial score (nSPS) is 11.6. The molecule has 0 unspecified atom stereocenters. The first kappa shape index (κ1) is 17.6. The fourth-order valence-electron chi connectivity index (χ4n) is 4.00. The highest BCUT2D eigenvalue weighted by Gasteiger charge is 2.17. The highest BCUT2D eigenvalue weighted by molar-refractivity contribution is 6.14. The third-order valence-electron chi connectivity index (χ3n) is 5.23. The molecule has 3 nitrogen and oxygen atoms in total. The van der Waals surface area contributed by atoms with Gasteiger partial charge in [0.1, 0.15) is 11.2 Å². The second-order valence-corrected chi connectivity index (χ2v) is 7.86. The summed E-state index contributed by atoms with van der Waals surface area (Å²) in [6.45, 7) is 4.46. The predicted octanol–water partition coefficient (Wildman–Crippen LogP) is 6.91. The Morgan fingerprint density at radius 3 is 2.59 bits per heavy atom. The molecule has 0 aliphatic rings. The summed E-state index contributed by atoms with van der Waals surface area (Å²) < 4.78 is 6.34. The average Bonchev–Trinajstić information content (AvgIpc) is 3.13. The van der Waals surface area contributed by atoms with Crippen LogP contribution in [0.15, 0.2) is 83.7 Å². The second-order valence-electron chi connectivity index (χ2n) is 7.86. The summed E-state index contributed by atoms with van der Waals surface area (Å²) in [7, 11) is 0. The van der Waals surface area contributed by atoms with Crippen LogP contribution in [0.3, 0.4) is 0 Å². The van der Waals surface area contributed by atoms with Gasteiger partial charge < -0.3 is 4.42 Å². The molecule has 0 spiro atoms. The third-order valence-corrected chi connectivity index (χ3v) is 5.23. The number of pyridine rings is 2. The number of nitrogens with zero attached hydrogens (tertiary/aromatic N) is 2. The number of rotatable bonds is 4. The molecule has 0 saturated heterocycles. The number of benzene rings is 2. The SMILES string of the molecule is CC(C)Cc1ccnc(-c2cncc3c2oc2cccc(-c4ccccc4)c23)c1. The Kier molecular flexibility index (Phi) is 4.36. The Labute approximate surface area is 170 Å². The van der Waals surface area contributed by atoms with Crippen molar-refractivity contribution < 1.29 is 4.42 Å². The van der Waals surface area contributed by atoms with E-state index in [1.54, 1.807) is 0 Å². The van der Waals surface area contributed by atoms with Gasteiger partial charge in [-0.2, -0.15) is 0 Å². The summed E-state index contributed by atoms with van der Waals surface area (Å²) in [6.07, 6.45) is 6.66. The van der Waals surface area contributed by atoms with Crippen molar-refractivity contribution in [1.29, 1.82) is 0 Å². The van der Waals surface area contributed by atoms with Crippen molar-refractivity contribution in [3.05, 3.63) is 84.8 Å². The van der Waals surface area contributed by atoms with E-state index < -0.39 is 0 Å². The minimum Gasteiger partial charge on any atom is -0.455 e. The van der Waals surface area contributed by atoms with E-state index in [2.05, 4.69) is 66.3 Å². The molecule has 0 N–H and O–H groups in total. The topological polar surface area (TPSA) is 38.9 Å². The van der Waals surface area contributed by atoms with Crippen LogP contribution in [0.4, 0.5) is 0 Å². The molecule has 142 valence electrons.